The van der Waals surface area contributed by atoms with Gasteiger partial charge >= 0.3 is 6.03 Å². The van der Waals surface area contributed by atoms with Crippen LogP contribution in [-0.2, 0) is 24.4 Å². The van der Waals surface area contributed by atoms with Crippen LogP contribution in [-0.4, -0.2) is 54.5 Å². The molecular formula is C23H29N5O2. The SMILES string of the molecule is CN(C)Cc1ccccc1CNC(=O)Nc1ccc2c(ccn2CC(=O)N(C)C)c1. The van der Waals surface area contributed by atoms with Crippen molar-refractivity contribution < 1.29 is 9.59 Å². The molecule has 1 aromatic heterocycles. The number of carbonyl (C=O) groups is 2. The van der Waals surface area contributed by atoms with Crippen molar-refractivity contribution in [1.29, 1.82) is 0 Å². The van der Waals surface area contributed by atoms with Crippen molar-refractivity contribution in [1.82, 2.24) is 19.7 Å². The molecule has 0 spiro atoms. The number of likely N-dealkylation sites (N-methyl/N-ethyl adjacent to an activating group) is 1. The minimum atomic E-state index is -0.253. The molecule has 3 aromatic rings. The normalized spacial score (nSPS) is 11.0. The van der Waals surface area contributed by atoms with Crippen molar-refractivity contribution in [2.45, 2.75) is 19.6 Å². The van der Waals surface area contributed by atoms with Gasteiger partial charge in [0.15, 0.2) is 0 Å². The summed E-state index contributed by atoms with van der Waals surface area (Å²) in [5, 5.41) is 6.79. The van der Waals surface area contributed by atoms with Crippen LogP contribution in [0.1, 0.15) is 11.1 Å². The van der Waals surface area contributed by atoms with Gasteiger partial charge in [0, 0.05) is 50.0 Å². The standard InChI is InChI=1S/C23H29N5O2/c1-26(2)15-19-8-6-5-7-18(19)14-24-23(30)25-20-9-10-21-17(13-20)11-12-28(21)16-22(29)27(3)4/h5-13H,14-16H2,1-4H3,(H2,24,25,30). The lowest BCUT2D eigenvalue weighted by Gasteiger charge is -2.15. The van der Waals surface area contributed by atoms with E-state index in [-0.39, 0.29) is 18.5 Å². The van der Waals surface area contributed by atoms with Gasteiger partial charge in [0.1, 0.15) is 6.54 Å². The van der Waals surface area contributed by atoms with Gasteiger partial charge in [-0.25, -0.2) is 4.79 Å². The highest BCUT2D eigenvalue weighted by atomic mass is 16.2. The number of aromatic nitrogens is 1. The highest BCUT2D eigenvalue weighted by Crippen LogP contribution is 2.21. The van der Waals surface area contributed by atoms with Crippen LogP contribution in [0.25, 0.3) is 10.9 Å². The van der Waals surface area contributed by atoms with Crippen LogP contribution in [0.15, 0.2) is 54.7 Å². The number of nitrogens with zero attached hydrogens (tertiary/aromatic N) is 3. The van der Waals surface area contributed by atoms with E-state index in [0.29, 0.717) is 12.2 Å². The molecule has 0 saturated heterocycles. The number of nitrogens with one attached hydrogen (secondary N) is 2. The monoisotopic (exact) mass is 407 g/mol. The van der Waals surface area contributed by atoms with Gasteiger partial charge in [0.25, 0.3) is 0 Å². The first kappa shape index (κ1) is 21.4. The zero-order valence-electron chi connectivity index (χ0n) is 18.0. The Kier molecular flexibility index (Phi) is 6.74. The van der Waals surface area contributed by atoms with Gasteiger partial charge in [-0.3, -0.25) is 4.79 Å². The van der Waals surface area contributed by atoms with Crippen molar-refractivity contribution in [2.75, 3.05) is 33.5 Å². The van der Waals surface area contributed by atoms with Crippen molar-refractivity contribution in [3.63, 3.8) is 0 Å². The third-order valence-corrected chi connectivity index (χ3v) is 4.88. The summed E-state index contributed by atoms with van der Waals surface area (Å²) in [6, 6.07) is 15.5. The first-order chi connectivity index (χ1) is 14.3. The maximum atomic E-state index is 12.4. The van der Waals surface area contributed by atoms with Gasteiger partial charge in [0.2, 0.25) is 5.91 Å². The molecule has 0 atom stereocenters. The molecule has 2 aromatic carbocycles. The molecule has 2 N–H and O–H groups in total. The molecule has 3 rings (SSSR count). The fourth-order valence-corrected chi connectivity index (χ4v) is 3.28. The maximum Gasteiger partial charge on any atom is 0.319 e. The number of amides is 3. The average Bonchev–Trinajstić information content (AvgIpc) is 3.08. The molecule has 0 fully saturated rings. The third kappa shape index (κ3) is 5.39. The van der Waals surface area contributed by atoms with E-state index in [1.807, 2.05) is 67.3 Å². The van der Waals surface area contributed by atoms with E-state index in [4.69, 9.17) is 0 Å². The number of fused-ring (bicyclic) bond motifs is 1. The number of anilines is 1. The second kappa shape index (κ2) is 9.45. The molecule has 1 heterocycles. The molecule has 3 amide bonds. The molecule has 0 radical (unpaired) electrons. The van der Waals surface area contributed by atoms with Crippen molar-refractivity contribution in [3.8, 4) is 0 Å². The molecule has 0 bridgehead atoms. The second-order valence-electron chi connectivity index (χ2n) is 7.82. The highest BCUT2D eigenvalue weighted by molar-refractivity contribution is 5.93. The van der Waals surface area contributed by atoms with Crippen LogP contribution >= 0.6 is 0 Å². The van der Waals surface area contributed by atoms with Crippen LogP contribution in [0.2, 0.25) is 0 Å². The summed E-state index contributed by atoms with van der Waals surface area (Å²) in [4.78, 5) is 28.0. The van der Waals surface area contributed by atoms with Gasteiger partial charge in [-0.2, -0.15) is 0 Å². The van der Waals surface area contributed by atoms with E-state index in [0.717, 1.165) is 23.0 Å². The topological polar surface area (TPSA) is 69.6 Å². The van der Waals surface area contributed by atoms with Crippen LogP contribution < -0.4 is 10.6 Å². The Labute approximate surface area is 177 Å². The number of hydrogen-bond donors (Lipinski definition) is 2. The van der Waals surface area contributed by atoms with Crippen LogP contribution in [0.4, 0.5) is 10.5 Å². The van der Waals surface area contributed by atoms with Crippen LogP contribution in [0, 0.1) is 0 Å². The average molecular weight is 408 g/mol. The molecule has 0 aliphatic rings. The fraction of sp³-hybridized carbons (Fsp3) is 0.304. The van der Waals surface area contributed by atoms with Gasteiger partial charge in [-0.15, -0.1) is 0 Å². The third-order valence-electron chi connectivity index (χ3n) is 4.88. The Balaban J connectivity index is 1.63. The summed E-state index contributed by atoms with van der Waals surface area (Å²) in [5.74, 6) is 0.0311. The van der Waals surface area contributed by atoms with E-state index in [1.165, 1.54) is 5.56 Å². The molecule has 0 unspecified atom stereocenters. The summed E-state index contributed by atoms with van der Waals surface area (Å²) in [6.07, 6.45) is 1.89. The van der Waals surface area contributed by atoms with Crippen molar-refractivity contribution >= 4 is 28.5 Å². The van der Waals surface area contributed by atoms with Gasteiger partial charge in [0.05, 0.1) is 0 Å². The zero-order chi connectivity index (χ0) is 21.7. The molecule has 0 aliphatic carbocycles. The minimum absolute atomic E-state index is 0.0311. The number of carbonyl (C=O) groups excluding carboxylic acids is 2. The fourth-order valence-electron chi connectivity index (χ4n) is 3.28. The molecule has 0 saturated carbocycles. The summed E-state index contributed by atoms with van der Waals surface area (Å²) < 4.78 is 1.91. The van der Waals surface area contributed by atoms with E-state index in [2.05, 4.69) is 21.6 Å². The highest BCUT2D eigenvalue weighted by Gasteiger charge is 2.10. The molecule has 0 aliphatic heterocycles. The summed E-state index contributed by atoms with van der Waals surface area (Å²) in [7, 11) is 7.54. The minimum Gasteiger partial charge on any atom is -0.347 e. The van der Waals surface area contributed by atoms with Crippen molar-refractivity contribution in [3.05, 3.63) is 65.9 Å². The first-order valence-corrected chi connectivity index (χ1v) is 9.89. The van der Waals surface area contributed by atoms with E-state index < -0.39 is 0 Å². The maximum absolute atomic E-state index is 12.4. The summed E-state index contributed by atoms with van der Waals surface area (Å²) in [5.41, 5.74) is 3.95. The lowest BCUT2D eigenvalue weighted by molar-refractivity contribution is -0.129. The molecular weight excluding hydrogens is 378 g/mol. The van der Waals surface area contributed by atoms with Crippen LogP contribution in [0.5, 0.6) is 0 Å². The molecule has 7 heteroatoms. The Morgan fingerprint density at radius 3 is 2.40 bits per heavy atom. The van der Waals surface area contributed by atoms with Gasteiger partial charge in [-0.05, 0) is 49.5 Å². The van der Waals surface area contributed by atoms with Gasteiger partial charge < -0.3 is 25.0 Å². The predicted molar refractivity (Wildman–Crippen MR) is 120 cm³/mol. The van der Waals surface area contributed by atoms with Crippen LogP contribution in [0.3, 0.4) is 0 Å². The lowest BCUT2D eigenvalue weighted by atomic mass is 10.1. The molecule has 158 valence electrons. The summed E-state index contributed by atoms with van der Waals surface area (Å²) >= 11 is 0. The zero-order valence-corrected chi connectivity index (χ0v) is 18.0. The number of urea groups is 1. The van der Waals surface area contributed by atoms with E-state index >= 15 is 0 Å². The van der Waals surface area contributed by atoms with Crippen molar-refractivity contribution in [2.24, 2.45) is 0 Å². The van der Waals surface area contributed by atoms with Gasteiger partial charge in [-0.1, -0.05) is 24.3 Å². The molecule has 30 heavy (non-hydrogen) atoms. The number of rotatable bonds is 7. The predicted octanol–water partition coefficient (Wildman–Crippen LogP) is 3.11. The Hall–Kier alpha value is -3.32. The lowest BCUT2D eigenvalue weighted by Crippen LogP contribution is -2.28. The number of benzene rings is 2. The van der Waals surface area contributed by atoms with E-state index in [1.54, 1.807) is 19.0 Å². The smallest absolute Gasteiger partial charge is 0.319 e. The molecule has 7 nitrogen and oxygen atoms in total. The largest absolute Gasteiger partial charge is 0.347 e. The van der Waals surface area contributed by atoms with E-state index in [9.17, 15) is 9.59 Å². The second-order valence-corrected chi connectivity index (χ2v) is 7.82. The Morgan fingerprint density at radius 2 is 1.70 bits per heavy atom. The summed E-state index contributed by atoms with van der Waals surface area (Å²) in [6.45, 7) is 1.57. The first-order valence-electron chi connectivity index (χ1n) is 9.89. The Morgan fingerprint density at radius 1 is 0.967 bits per heavy atom. The Bertz CT molecular complexity index is 1040. The quantitative estimate of drug-likeness (QED) is 0.632. The number of hydrogen-bond acceptors (Lipinski definition) is 3.